The Hall–Kier alpha value is -1.85. The van der Waals surface area contributed by atoms with Crippen molar-refractivity contribution in [2.45, 2.75) is 19.4 Å². The van der Waals surface area contributed by atoms with E-state index in [9.17, 15) is 4.79 Å². The van der Waals surface area contributed by atoms with Gasteiger partial charge in [0.25, 0.3) is 0 Å². The molecule has 0 N–H and O–H groups in total. The monoisotopic (exact) mass is 237 g/mol. The third-order valence-corrected chi connectivity index (χ3v) is 2.51. The highest BCUT2D eigenvalue weighted by Crippen LogP contribution is 2.16. The lowest BCUT2D eigenvalue weighted by atomic mass is 10.3. The number of nitrogens with zero attached hydrogens (tertiary/aromatic N) is 3. The first-order valence-electron chi connectivity index (χ1n) is 5.64. The molecule has 2 heterocycles. The second kappa shape index (κ2) is 5.47. The minimum Gasteiger partial charge on any atom is -0.472 e. The fraction of sp³-hybridized carbons (Fsp3) is 0.545. The molecule has 17 heavy (non-hydrogen) atoms. The normalized spacial score (nSPS) is 19.1. The first-order valence-corrected chi connectivity index (χ1v) is 5.64. The number of ether oxygens (including phenoxy) is 2. The number of carbonyl (C=O) groups is 1. The van der Waals surface area contributed by atoms with Gasteiger partial charge in [0.05, 0.1) is 13.2 Å². The van der Waals surface area contributed by atoms with Crippen LogP contribution in [-0.2, 0) is 4.74 Å². The van der Waals surface area contributed by atoms with E-state index in [1.165, 1.54) is 6.33 Å². The zero-order valence-electron chi connectivity index (χ0n) is 9.70. The molecular formula is C11H15N3O3. The number of amides is 1. The molecule has 1 amide bonds. The summed E-state index contributed by atoms with van der Waals surface area (Å²) in [5.41, 5.74) is 0. The number of aromatic nitrogens is 2. The highest BCUT2D eigenvalue weighted by atomic mass is 16.6. The third kappa shape index (κ3) is 3.05. The van der Waals surface area contributed by atoms with Crippen LogP contribution in [0.5, 0.6) is 5.88 Å². The highest BCUT2D eigenvalue weighted by molar-refractivity contribution is 5.67. The van der Waals surface area contributed by atoms with Crippen molar-refractivity contribution in [1.82, 2.24) is 14.9 Å². The second-order valence-electron chi connectivity index (χ2n) is 3.72. The molecule has 1 aromatic heterocycles. The van der Waals surface area contributed by atoms with Gasteiger partial charge in [0.2, 0.25) is 5.88 Å². The van der Waals surface area contributed by atoms with Crippen LogP contribution in [-0.4, -0.2) is 46.8 Å². The standard InChI is InChI=1S/C11H15N3O3/c1-2-16-11(15)14-6-4-9(7-14)17-10-3-5-12-8-13-10/h3,5,8-9H,2,4,6-7H2,1H3. The van der Waals surface area contributed by atoms with Gasteiger partial charge in [0, 0.05) is 25.2 Å². The van der Waals surface area contributed by atoms with Gasteiger partial charge in [-0.2, -0.15) is 0 Å². The van der Waals surface area contributed by atoms with E-state index in [-0.39, 0.29) is 12.2 Å². The Kier molecular flexibility index (Phi) is 3.74. The Bertz CT molecular complexity index is 371. The SMILES string of the molecule is CCOC(=O)N1CCC(Oc2ccncn2)C1. The van der Waals surface area contributed by atoms with Crippen LogP contribution in [0, 0.1) is 0 Å². The molecule has 0 radical (unpaired) electrons. The summed E-state index contributed by atoms with van der Waals surface area (Å²) in [4.78, 5) is 20.9. The molecule has 1 saturated heterocycles. The lowest BCUT2D eigenvalue weighted by molar-refractivity contribution is 0.109. The molecule has 0 aromatic carbocycles. The minimum atomic E-state index is -0.277. The van der Waals surface area contributed by atoms with Crippen LogP contribution in [0.4, 0.5) is 4.79 Å². The predicted octanol–water partition coefficient (Wildman–Crippen LogP) is 1.09. The Morgan fingerprint density at radius 1 is 1.65 bits per heavy atom. The fourth-order valence-corrected chi connectivity index (χ4v) is 1.72. The minimum absolute atomic E-state index is 0.0192. The molecule has 2 rings (SSSR count). The molecular weight excluding hydrogens is 222 g/mol. The summed E-state index contributed by atoms with van der Waals surface area (Å²) in [6.45, 7) is 3.40. The molecule has 1 atom stereocenters. The maximum atomic E-state index is 11.5. The Morgan fingerprint density at radius 2 is 2.53 bits per heavy atom. The van der Waals surface area contributed by atoms with Gasteiger partial charge < -0.3 is 14.4 Å². The quantitative estimate of drug-likeness (QED) is 0.787. The third-order valence-electron chi connectivity index (χ3n) is 2.51. The van der Waals surface area contributed by atoms with Crippen LogP contribution in [0.25, 0.3) is 0 Å². The summed E-state index contributed by atoms with van der Waals surface area (Å²) >= 11 is 0. The van der Waals surface area contributed by atoms with Gasteiger partial charge in [-0.15, -0.1) is 0 Å². The van der Waals surface area contributed by atoms with Crippen molar-refractivity contribution in [2.75, 3.05) is 19.7 Å². The average molecular weight is 237 g/mol. The maximum Gasteiger partial charge on any atom is 0.409 e. The molecule has 6 nitrogen and oxygen atoms in total. The lowest BCUT2D eigenvalue weighted by Gasteiger charge is -2.15. The number of hydrogen-bond donors (Lipinski definition) is 0. The van der Waals surface area contributed by atoms with Gasteiger partial charge in [0.1, 0.15) is 12.4 Å². The number of likely N-dealkylation sites (tertiary alicyclic amines) is 1. The molecule has 1 fully saturated rings. The first-order chi connectivity index (χ1) is 8.29. The molecule has 1 aromatic rings. The van der Waals surface area contributed by atoms with Crippen LogP contribution in [0.3, 0.4) is 0 Å². The van der Waals surface area contributed by atoms with Crippen molar-refractivity contribution < 1.29 is 14.3 Å². The topological polar surface area (TPSA) is 64.5 Å². The van der Waals surface area contributed by atoms with Gasteiger partial charge in [-0.3, -0.25) is 0 Å². The van der Waals surface area contributed by atoms with Crippen molar-refractivity contribution in [3.8, 4) is 5.88 Å². The van der Waals surface area contributed by atoms with E-state index in [2.05, 4.69) is 9.97 Å². The van der Waals surface area contributed by atoms with E-state index in [0.717, 1.165) is 6.42 Å². The predicted molar refractivity (Wildman–Crippen MR) is 59.7 cm³/mol. The number of carbonyl (C=O) groups excluding carboxylic acids is 1. The Labute approximate surface area is 99.6 Å². The first kappa shape index (κ1) is 11.6. The molecule has 1 aliphatic heterocycles. The van der Waals surface area contributed by atoms with Crippen molar-refractivity contribution in [1.29, 1.82) is 0 Å². The Balaban J connectivity index is 1.84. The summed E-state index contributed by atoms with van der Waals surface area (Å²) in [5.74, 6) is 0.538. The maximum absolute atomic E-state index is 11.5. The van der Waals surface area contributed by atoms with Crippen LogP contribution in [0.1, 0.15) is 13.3 Å². The largest absolute Gasteiger partial charge is 0.472 e. The van der Waals surface area contributed by atoms with E-state index >= 15 is 0 Å². The highest BCUT2D eigenvalue weighted by Gasteiger charge is 2.28. The second-order valence-corrected chi connectivity index (χ2v) is 3.72. The van der Waals surface area contributed by atoms with E-state index in [1.54, 1.807) is 24.1 Å². The van der Waals surface area contributed by atoms with Crippen molar-refractivity contribution >= 4 is 6.09 Å². The van der Waals surface area contributed by atoms with Crippen LogP contribution < -0.4 is 4.74 Å². The summed E-state index contributed by atoms with van der Waals surface area (Å²) in [7, 11) is 0. The van der Waals surface area contributed by atoms with E-state index in [1.807, 2.05) is 0 Å². The van der Waals surface area contributed by atoms with E-state index in [4.69, 9.17) is 9.47 Å². The zero-order chi connectivity index (χ0) is 12.1. The molecule has 1 unspecified atom stereocenters. The number of rotatable bonds is 3. The van der Waals surface area contributed by atoms with Crippen LogP contribution >= 0.6 is 0 Å². The summed E-state index contributed by atoms with van der Waals surface area (Å²) in [6.07, 6.45) is 3.56. The van der Waals surface area contributed by atoms with E-state index < -0.39 is 0 Å². The molecule has 0 aliphatic carbocycles. The number of hydrogen-bond acceptors (Lipinski definition) is 5. The van der Waals surface area contributed by atoms with Gasteiger partial charge in [0.15, 0.2) is 0 Å². The van der Waals surface area contributed by atoms with Gasteiger partial charge in [-0.25, -0.2) is 14.8 Å². The van der Waals surface area contributed by atoms with Crippen molar-refractivity contribution in [3.63, 3.8) is 0 Å². The summed E-state index contributed by atoms with van der Waals surface area (Å²) < 4.78 is 10.6. The molecule has 0 saturated carbocycles. The van der Waals surface area contributed by atoms with Crippen molar-refractivity contribution in [2.24, 2.45) is 0 Å². The molecule has 1 aliphatic rings. The summed E-state index contributed by atoms with van der Waals surface area (Å²) in [6, 6.07) is 1.70. The van der Waals surface area contributed by atoms with Crippen LogP contribution in [0.15, 0.2) is 18.6 Å². The van der Waals surface area contributed by atoms with Gasteiger partial charge in [-0.05, 0) is 6.92 Å². The fourth-order valence-electron chi connectivity index (χ4n) is 1.72. The smallest absolute Gasteiger partial charge is 0.409 e. The van der Waals surface area contributed by atoms with E-state index in [0.29, 0.717) is 25.6 Å². The molecule has 6 heteroatoms. The molecule has 0 spiro atoms. The molecule has 92 valence electrons. The average Bonchev–Trinajstić information content (AvgIpc) is 2.79. The molecule has 0 bridgehead atoms. The van der Waals surface area contributed by atoms with Gasteiger partial charge >= 0.3 is 6.09 Å². The Morgan fingerprint density at radius 3 is 3.24 bits per heavy atom. The van der Waals surface area contributed by atoms with Crippen molar-refractivity contribution in [3.05, 3.63) is 18.6 Å². The lowest BCUT2D eigenvalue weighted by Crippen LogP contribution is -2.31. The zero-order valence-corrected chi connectivity index (χ0v) is 9.70. The summed E-state index contributed by atoms with van der Waals surface area (Å²) in [5, 5.41) is 0. The van der Waals surface area contributed by atoms with Gasteiger partial charge in [-0.1, -0.05) is 0 Å². The van der Waals surface area contributed by atoms with Crippen LogP contribution in [0.2, 0.25) is 0 Å².